The topological polar surface area (TPSA) is 24.9 Å². The van der Waals surface area contributed by atoms with Crippen LogP contribution in [0, 0.1) is 5.92 Å². The molecule has 1 aromatic heterocycles. The molecule has 1 N–H and O–H groups in total. The molecule has 2 rings (SSSR count). The summed E-state index contributed by atoms with van der Waals surface area (Å²) in [6, 6.07) is 5.80. The van der Waals surface area contributed by atoms with E-state index in [1.165, 1.54) is 0 Å². The van der Waals surface area contributed by atoms with Gasteiger partial charge in [-0.3, -0.25) is 0 Å². The Bertz CT molecular complexity index is 479. The van der Waals surface area contributed by atoms with E-state index in [4.69, 9.17) is 11.6 Å². The monoisotopic (exact) mass is 254 g/mol. The first-order valence-electron chi connectivity index (χ1n) is 5.45. The Morgan fingerprint density at radius 3 is 3.00 bits per heavy atom. The van der Waals surface area contributed by atoms with Crippen LogP contribution in [0.2, 0.25) is 5.02 Å². The van der Waals surface area contributed by atoms with Gasteiger partial charge in [-0.25, -0.2) is 4.98 Å². The third-order valence-corrected chi connectivity index (χ3v) is 3.56. The smallest absolute Gasteiger partial charge is 0.183 e. The molecule has 0 aliphatic carbocycles. The number of hydrogen-bond acceptors (Lipinski definition) is 3. The van der Waals surface area contributed by atoms with E-state index in [1.54, 1.807) is 11.3 Å². The van der Waals surface area contributed by atoms with Crippen molar-refractivity contribution in [3.05, 3.63) is 23.2 Å². The normalized spacial score (nSPS) is 11.2. The van der Waals surface area contributed by atoms with E-state index in [0.29, 0.717) is 0 Å². The first kappa shape index (κ1) is 11.7. The van der Waals surface area contributed by atoms with Gasteiger partial charge in [-0.1, -0.05) is 36.8 Å². The Balaban J connectivity index is 2.08. The summed E-state index contributed by atoms with van der Waals surface area (Å²) in [6.45, 7) is 5.42. The van der Waals surface area contributed by atoms with Crippen LogP contribution in [-0.4, -0.2) is 11.5 Å². The van der Waals surface area contributed by atoms with Gasteiger partial charge in [0, 0.05) is 11.6 Å². The molecule has 4 heteroatoms. The average Bonchev–Trinajstić information content (AvgIpc) is 2.58. The molecule has 86 valence electrons. The summed E-state index contributed by atoms with van der Waals surface area (Å²) in [6.07, 6.45) is 1.16. The van der Waals surface area contributed by atoms with Gasteiger partial charge in [0.2, 0.25) is 0 Å². The fourth-order valence-corrected chi connectivity index (χ4v) is 2.61. The Hall–Kier alpha value is -0.800. The third kappa shape index (κ3) is 2.86. The minimum absolute atomic E-state index is 0.719. The van der Waals surface area contributed by atoms with E-state index in [1.807, 2.05) is 18.2 Å². The molecule has 0 saturated heterocycles. The molecule has 0 saturated carbocycles. The van der Waals surface area contributed by atoms with Gasteiger partial charge in [0.15, 0.2) is 5.13 Å². The Morgan fingerprint density at radius 1 is 1.44 bits per heavy atom. The molecule has 0 radical (unpaired) electrons. The van der Waals surface area contributed by atoms with Crippen molar-refractivity contribution in [1.82, 2.24) is 4.98 Å². The average molecular weight is 255 g/mol. The molecule has 1 heterocycles. The second-order valence-electron chi connectivity index (χ2n) is 4.24. The van der Waals surface area contributed by atoms with Gasteiger partial charge in [-0.15, -0.1) is 0 Å². The van der Waals surface area contributed by atoms with Crippen molar-refractivity contribution in [1.29, 1.82) is 0 Å². The number of halogens is 1. The number of anilines is 1. The highest BCUT2D eigenvalue weighted by Crippen LogP contribution is 2.28. The fraction of sp³-hybridized carbons (Fsp3) is 0.417. The van der Waals surface area contributed by atoms with Crippen molar-refractivity contribution >= 4 is 38.3 Å². The number of nitrogens with one attached hydrogen (secondary N) is 1. The van der Waals surface area contributed by atoms with Crippen molar-refractivity contribution < 1.29 is 0 Å². The molecule has 2 nitrogen and oxygen atoms in total. The molecule has 0 unspecified atom stereocenters. The van der Waals surface area contributed by atoms with Crippen LogP contribution in [-0.2, 0) is 0 Å². The maximum atomic E-state index is 5.93. The molecule has 0 amide bonds. The quantitative estimate of drug-likeness (QED) is 0.874. The molecule has 2 aromatic rings. The van der Waals surface area contributed by atoms with Crippen LogP contribution < -0.4 is 5.32 Å². The molecule has 0 aliphatic rings. The number of benzene rings is 1. The summed E-state index contributed by atoms with van der Waals surface area (Å²) < 4.78 is 1.14. The minimum Gasteiger partial charge on any atom is -0.361 e. The lowest BCUT2D eigenvalue weighted by Gasteiger charge is -2.04. The molecule has 0 fully saturated rings. The maximum Gasteiger partial charge on any atom is 0.183 e. The van der Waals surface area contributed by atoms with Crippen LogP contribution in [0.4, 0.5) is 5.13 Å². The Kier molecular flexibility index (Phi) is 3.66. The largest absolute Gasteiger partial charge is 0.361 e. The lowest BCUT2D eigenvalue weighted by Crippen LogP contribution is -2.03. The maximum absolute atomic E-state index is 5.93. The second kappa shape index (κ2) is 5.02. The van der Waals surface area contributed by atoms with E-state index in [9.17, 15) is 0 Å². The first-order chi connectivity index (χ1) is 7.65. The van der Waals surface area contributed by atoms with Crippen LogP contribution in [0.3, 0.4) is 0 Å². The van der Waals surface area contributed by atoms with Crippen molar-refractivity contribution in [2.45, 2.75) is 20.3 Å². The zero-order valence-corrected chi connectivity index (χ0v) is 11.0. The Morgan fingerprint density at radius 2 is 2.25 bits per heavy atom. The summed E-state index contributed by atoms with van der Waals surface area (Å²) in [5.74, 6) is 0.719. The van der Waals surface area contributed by atoms with Gasteiger partial charge in [0.1, 0.15) is 0 Å². The van der Waals surface area contributed by atoms with E-state index in [0.717, 1.165) is 39.3 Å². The number of aromatic nitrogens is 1. The van der Waals surface area contributed by atoms with Gasteiger partial charge in [0.25, 0.3) is 0 Å². The highest BCUT2D eigenvalue weighted by atomic mass is 35.5. The third-order valence-electron chi connectivity index (χ3n) is 2.35. The minimum atomic E-state index is 0.719. The van der Waals surface area contributed by atoms with E-state index >= 15 is 0 Å². The molecule has 0 atom stereocenters. The standard InChI is InChI=1S/C12H15ClN2S/c1-8(2)5-6-14-12-15-10-4-3-9(13)7-11(10)16-12/h3-4,7-8H,5-6H2,1-2H3,(H,14,15). The number of fused-ring (bicyclic) bond motifs is 1. The summed E-state index contributed by atoms with van der Waals surface area (Å²) >= 11 is 7.59. The van der Waals surface area contributed by atoms with Gasteiger partial charge < -0.3 is 5.32 Å². The number of thiazole rings is 1. The zero-order valence-electron chi connectivity index (χ0n) is 9.46. The molecule has 0 bridgehead atoms. The van der Waals surface area contributed by atoms with Crippen LogP contribution in [0.5, 0.6) is 0 Å². The van der Waals surface area contributed by atoms with Gasteiger partial charge >= 0.3 is 0 Å². The molecule has 16 heavy (non-hydrogen) atoms. The van der Waals surface area contributed by atoms with Crippen LogP contribution in [0.25, 0.3) is 10.2 Å². The summed E-state index contributed by atoms with van der Waals surface area (Å²) in [5.41, 5.74) is 1.02. The highest BCUT2D eigenvalue weighted by molar-refractivity contribution is 7.22. The van der Waals surface area contributed by atoms with Crippen molar-refractivity contribution in [3.8, 4) is 0 Å². The molecule has 0 spiro atoms. The number of hydrogen-bond donors (Lipinski definition) is 1. The van der Waals surface area contributed by atoms with Crippen molar-refractivity contribution in [3.63, 3.8) is 0 Å². The first-order valence-corrected chi connectivity index (χ1v) is 6.64. The van der Waals surface area contributed by atoms with E-state index in [2.05, 4.69) is 24.1 Å². The Labute approximate surface area is 105 Å². The molecule has 0 aliphatic heterocycles. The highest BCUT2D eigenvalue weighted by Gasteiger charge is 2.03. The zero-order chi connectivity index (χ0) is 11.5. The lowest BCUT2D eigenvalue weighted by molar-refractivity contribution is 0.607. The van der Waals surface area contributed by atoms with Gasteiger partial charge in [0.05, 0.1) is 10.2 Å². The number of nitrogens with zero attached hydrogens (tertiary/aromatic N) is 1. The summed E-state index contributed by atoms with van der Waals surface area (Å²) in [7, 11) is 0. The van der Waals surface area contributed by atoms with E-state index in [-0.39, 0.29) is 0 Å². The summed E-state index contributed by atoms with van der Waals surface area (Å²) in [5, 5.41) is 5.10. The lowest BCUT2D eigenvalue weighted by atomic mass is 10.1. The van der Waals surface area contributed by atoms with Crippen molar-refractivity contribution in [2.75, 3.05) is 11.9 Å². The molecular weight excluding hydrogens is 240 g/mol. The molecular formula is C12H15ClN2S. The number of rotatable bonds is 4. The van der Waals surface area contributed by atoms with Gasteiger partial charge in [-0.2, -0.15) is 0 Å². The van der Waals surface area contributed by atoms with Crippen LogP contribution in [0.1, 0.15) is 20.3 Å². The predicted octanol–water partition coefficient (Wildman–Crippen LogP) is 4.41. The predicted molar refractivity (Wildman–Crippen MR) is 72.6 cm³/mol. The van der Waals surface area contributed by atoms with Crippen LogP contribution in [0.15, 0.2) is 18.2 Å². The van der Waals surface area contributed by atoms with Crippen LogP contribution >= 0.6 is 22.9 Å². The van der Waals surface area contributed by atoms with Crippen molar-refractivity contribution in [2.24, 2.45) is 5.92 Å². The molecule has 1 aromatic carbocycles. The SMILES string of the molecule is CC(C)CCNc1nc2ccc(Cl)cc2s1. The second-order valence-corrected chi connectivity index (χ2v) is 5.71. The summed E-state index contributed by atoms with van der Waals surface area (Å²) in [4.78, 5) is 4.50. The fourth-order valence-electron chi connectivity index (χ4n) is 1.44. The van der Waals surface area contributed by atoms with E-state index < -0.39 is 0 Å². The van der Waals surface area contributed by atoms with Gasteiger partial charge in [-0.05, 0) is 30.5 Å².